The minimum atomic E-state index is 0.707. The molecule has 1 heterocycles. The van der Waals surface area contributed by atoms with Crippen LogP contribution in [0.25, 0.3) is 0 Å². The molecule has 2 unspecified atom stereocenters. The van der Waals surface area contributed by atoms with Gasteiger partial charge in [-0.25, -0.2) is 4.98 Å². The quantitative estimate of drug-likeness (QED) is 0.806. The zero-order valence-corrected chi connectivity index (χ0v) is 14.1. The van der Waals surface area contributed by atoms with Crippen LogP contribution in [0.4, 0.5) is 0 Å². The molecule has 0 aliphatic heterocycles. The highest BCUT2D eigenvalue weighted by Gasteiger charge is 2.28. The number of nitrogens with zero attached hydrogens (tertiary/aromatic N) is 1. The Hall–Kier alpha value is -0.790. The molecular formula is C19H32N2. The van der Waals surface area contributed by atoms with E-state index in [4.69, 9.17) is 4.98 Å². The Morgan fingerprint density at radius 1 is 1.05 bits per heavy atom. The fourth-order valence-corrected chi connectivity index (χ4v) is 4.25. The number of aromatic nitrogens is 2. The van der Waals surface area contributed by atoms with E-state index in [-0.39, 0.29) is 0 Å². The van der Waals surface area contributed by atoms with Crippen molar-refractivity contribution in [2.24, 2.45) is 17.8 Å². The van der Waals surface area contributed by atoms with E-state index in [1.54, 1.807) is 0 Å². The van der Waals surface area contributed by atoms with Crippen LogP contribution >= 0.6 is 0 Å². The van der Waals surface area contributed by atoms with Crippen molar-refractivity contribution in [3.63, 3.8) is 0 Å². The number of rotatable bonds is 4. The first-order chi connectivity index (χ1) is 10.2. The van der Waals surface area contributed by atoms with Crippen LogP contribution in [0.15, 0.2) is 0 Å². The molecule has 0 amide bonds. The van der Waals surface area contributed by atoms with E-state index in [1.165, 1.54) is 75.0 Å². The lowest BCUT2D eigenvalue weighted by molar-refractivity contribution is 0.299. The van der Waals surface area contributed by atoms with E-state index in [2.05, 4.69) is 25.8 Å². The number of fused-ring (bicyclic) bond motifs is 1. The first-order valence-electron chi connectivity index (χ1n) is 9.25. The highest BCUT2D eigenvalue weighted by Crippen LogP contribution is 2.38. The molecule has 2 aliphatic rings. The Balaban J connectivity index is 1.60. The summed E-state index contributed by atoms with van der Waals surface area (Å²) in [6.07, 6.45) is 12.1. The molecule has 2 heteroatoms. The standard InChI is InChI=1S/C19H32N2/c1-4-5-6-15-7-9-16(10-8-15)19-20-17-11-13(2)14(3)12-18(17)21-19/h13-16H,4-12H2,1-3H3,(H,20,21). The smallest absolute Gasteiger partial charge is 0.109 e. The highest BCUT2D eigenvalue weighted by atomic mass is 15.0. The van der Waals surface area contributed by atoms with Gasteiger partial charge in [0.25, 0.3) is 0 Å². The lowest BCUT2D eigenvalue weighted by atomic mass is 9.79. The van der Waals surface area contributed by atoms with Gasteiger partial charge in [-0.05, 0) is 56.3 Å². The van der Waals surface area contributed by atoms with Crippen LogP contribution in [-0.4, -0.2) is 9.97 Å². The van der Waals surface area contributed by atoms with Gasteiger partial charge in [0.15, 0.2) is 0 Å². The molecule has 0 bridgehead atoms. The predicted molar refractivity (Wildman–Crippen MR) is 88.5 cm³/mol. The van der Waals surface area contributed by atoms with Gasteiger partial charge in [0.05, 0.1) is 5.69 Å². The maximum Gasteiger partial charge on any atom is 0.109 e. The maximum atomic E-state index is 4.99. The van der Waals surface area contributed by atoms with Crippen LogP contribution in [0.5, 0.6) is 0 Å². The topological polar surface area (TPSA) is 28.7 Å². The predicted octanol–water partition coefficient (Wildman–Crippen LogP) is 5.24. The first kappa shape index (κ1) is 15.1. The Bertz CT molecular complexity index is 427. The molecule has 1 fully saturated rings. The fourth-order valence-electron chi connectivity index (χ4n) is 4.25. The number of H-pyrrole nitrogens is 1. The number of unbranched alkanes of at least 4 members (excludes halogenated alkanes) is 1. The highest BCUT2D eigenvalue weighted by molar-refractivity contribution is 5.21. The van der Waals surface area contributed by atoms with Crippen molar-refractivity contribution in [3.05, 3.63) is 17.2 Å². The molecule has 2 aliphatic carbocycles. The van der Waals surface area contributed by atoms with Gasteiger partial charge < -0.3 is 4.98 Å². The van der Waals surface area contributed by atoms with Gasteiger partial charge in [0, 0.05) is 11.6 Å². The number of imidazole rings is 1. The monoisotopic (exact) mass is 288 g/mol. The van der Waals surface area contributed by atoms with Gasteiger partial charge in [-0.15, -0.1) is 0 Å². The first-order valence-corrected chi connectivity index (χ1v) is 9.25. The second-order valence-corrected chi connectivity index (χ2v) is 7.77. The summed E-state index contributed by atoms with van der Waals surface area (Å²) in [6.45, 7) is 7.06. The summed E-state index contributed by atoms with van der Waals surface area (Å²) >= 11 is 0. The summed E-state index contributed by atoms with van der Waals surface area (Å²) < 4.78 is 0. The SMILES string of the molecule is CCCCC1CCC(c2nc3c([nH]2)CC(C)C(C)C3)CC1. The molecule has 1 aromatic heterocycles. The van der Waals surface area contributed by atoms with Crippen molar-refractivity contribution in [1.29, 1.82) is 0 Å². The van der Waals surface area contributed by atoms with Crippen molar-refractivity contribution in [2.45, 2.75) is 84.5 Å². The minimum Gasteiger partial charge on any atom is -0.345 e. The normalized spacial score (nSPS) is 32.9. The Labute approximate surface area is 130 Å². The fraction of sp³-hybridized carbons (Fsp3) is 0.842. The Morgan fingerprint density at radius 2 is 1.76 bits per heavy atom. The molecule has 118 valence electrons. The second kappa shape index (κ2) is 6.54. The lowest BCUT2D eigenvalue weighted by Gasteiger charge is -2.27. The summed E-state index contributed by atoms with van der Waals surface area (Å²) in [5.74, 6) is 4.61. The third-order valence-corrected chi connectivity index (χ3v) is 6.09. The lowest BCUT2D eigenvalue weighted by Crippen LogP contribution is -2.20. The molecule has 0 saturated heterocycles. The second-order valence-electron chi connectivity index (χ2n) is 7.77. The average molecular weight is 288 g/mol. The van der Waals surface area contributed by atoms with Crippen molar-refractivity contribution >= 4 is 0 Å². The van der Waals surface area contributed by atoms with Crippen LogP contribution in [-0.2, 0) is 12.8 Å². The Kier molecular flexibility index (Phi) is 4.71. The van der Waals surface area contributed by atoms with Crippen LogP contribution in [0.2, 0.25) is 0 Å². The summed E-state index contributed by atoms with van der Waals surface area (Å²) in [5.41, 5.74) is 2.83. The number of hydrogen-bond donors (Lipinski definition) is 1. The van der Waals surface area contributed by atoms with Gasteiger partial charge >= 0.3 is 0 Å². The van der Waals surface area contributed by atoms with E-state index in [0.717, 1.165) is 17.8 Å². The van der Waals surface area contributed by atoms with Gasteiger partial charge in [-0.2, -0.15) is 0 Å². The van der Waals surface area contributed by atoms with Crippen molar-refractivity contribution < 1.29 is 0 Å². The van der Waals surface area contributed by atoms with Crippen LogP contribution in [0.3, 0.4) is 0 Å². The number of hydrogen-bond acceptors (Lipinski definition) is 1. The van der Waals surface area contributed by atoms with E-state index in [1.807, 2.05) is 0 Å². The molecule has 2 atom stereocenters. The Morgan fingerprint density at radius 3 is 2.48 bits per heavy atom. The van der Waals surface area contributed by atoms with Crippen LogP contribution in [0, 0.1) is 17.8 Å². The average Bonchev–Trinajstić information content (AvgIpc) is 2.89. The minimum absolute atomic E-state index is 0.707. The molecule has 0 aromatic carbocycles. The van der Waals surface area contributed by atoms with E-state index >= 15 is 0 Å². The zero-order chi connectivity index (χ0) is 14.8. The summed E-state index contributed by atoms with van der Waals surface area (Å²) in [4.78, 5) is 8.69. The molecule has 0 spiro atoms. The largest absolute Gasteiger partial charge is 0.345 e. The van der Waals surface area contributed by atoms with Gasteiger partial charge in [0.1, 0.15) is 5.82 Å². The van der Waals surface area contributed by atoms with Gasteiger partial charge in [-0.3, -0.25) is 0 Å². The molecule has 1 N–H and O–H groups in total. The number of aromatic amines is 1. The van der Waals surface area contributed by atoms with Gasteiger partial charge in [0.2, 0.25) is 0 Å². The molecule has 0 radical (unpaired) electrons. The molecule has 1 saturated carbocycles. The molecule has 1 aromatic rings. The molecule has 21 heavy (non-hydrogen) atoms. The van der Waals surface area contributed by atoms with E-state index < -0.39 is 0 Å². The van der Waals surface area contributed by atoms with Gasteiger partial charge in [-0.1, -0.05) is 40.0 Å². The molecular weight excluding hydrogens is 256 g/mol. The summed E-state index contributed by atoms with van der Waals surface area (Å²) in [5, 5.41) is 0. The van der Waals surface area contributed by atoms with Crippen LogP contribution < -0.4 is 0 Å². The van der Waals surface area contributed by atoms with Crippen molar-refractivity contribution in [1.82, 2.24) is 9.97 Å². The third-order valence-electron chi connectivity index (χ3n) is 6.09. The summed E-state index contributed by atoms with van der Waals surface area (Å²) in [6, 6.07) is 0. The van der Waals surface area contributed by atoms with E-state index in [9.17, 15) is 0 Å². The molecule has 2 nitrogen and oxygen atoms in total. The zero-order valence-electron chi connectivity index (χ0n) is 14.1. The number of nitrogens with one attached hydrogen (secondary N) is 1. The van der Waals surface area contributed by atoms with Crippen molar-refractivity contribution in [3.8, 4) is 0 Å². The van der Waals surface area contributed by atoms with Crippen molar-refractivity contribution in [2.75, 3.05) is 0 Å². The maximum absolute atomic E-state index is 4.99. The summed E-state index contributed by atoms with van der Waals surface area (Å²) in [7, 11) is 0. The molecule has 3 rings (SSSR count). The van der Waals surface area contributed by atoms with E-state index in [0.29, 0.717) is 5.92 Å². The third kappa shape index (κ3) is 3.35. The van der Waals surface area contributed by atoms with Crippen LogP contribution in [0.1, 0.15) is 88.8 Å².